The van der Waals surface area contributed by atoms with Gasteiger partial charge in [0.15, 0.2) is 11.5 Å². The van der Waals surface area contributed by atoms with Crippen molar-refractivity contribution in [1.29, 1.82) is 0 Å². The number of halogens is 1. The van der Waals surface area contributed by atoms with Crippen LogP contribution < -0.4 is 5.32 Å². The monoisotopic (exact) mass is 333 g/mol. The predicted molar refractivity (Wildman–Crippen MR) is 93.0 cm³/mol. The molecule has 2 fully saturated rings. The summed E-state index contributed by atoms with van der Waals surface area (Å²) >= 11 is 6.03. The molecule has 23 heavy (non-hydrogen) atoms. The van der Waals surface area contributed by atoms with Crippen LogP contribution in [0.3, 0.4) is 0 Å². The van der Waals surface area contributed by atoms with Crippen molar-refractivity contribution >= 4 is 22.7 Å². The molecule has 1 unspecified atom stereocenters. The van der Waals surface area contributed by atoms with Crippen molar-refractivity contribution in [2.24, 2.45) is 5.41 Å². The van der Waals surface area contributed by atoms with Crippen LogP contribution in [0.5, 0.6) is 0 Å². The van der Waals surface area contributed by atoms with Gasteiger partial charge in [0.1, 0.15) is 5.52 Å². The lowest BCUT2D eigenvalue weighted by Crippen LogP contribution is -2.41. The number of aromatic nitrogens is 1. The first-order valence-electron chi connectivity index (χ1n) is 8.60. The van der Waals surface area contributed by atoms with Gasteiger partial charge in [-0.3, -0.25) is 0 Å². The van der Waals surface area contributed by atoms with E-state index in [1.54, 1.807) is 0 Å². The zero-order valence-corrected chi connectivity index (χ0v) is 14.4. The number of piperidine rings is 1. The minimum absolute atomic E-state index is 0.437. The van der Waals surface area contributed by atoms with E-state index >= 15 is 0 Å². The number of hydrogen-bond acceptors (Lipinski definition) is 4. The molecular formula is C18H24ClN3O. The molecule has 0 aliphatic carbocycles. The molecule has 1 atom stereocenters. The van der Waals surface area contributed by atoms with Gasteiger partial charge in [-0.05, 0) is 62.5 Å². The van der Waals surface area contributed by atoms with E-state index in [0.29, 0.717) is 16.4 Å². The summed E-state index contributed by atoms with van der Waals surface area (Å²) in [5.74, 6) is 1.32. The SMILES string of the molecule is CC1(CN2CCC(c3nc4cc(Cl)ccc4o3)CC2)CCNC1. The van der Waals surface area contributed by atoms with Gasteiger partial charge in [0.05, 0.1) is 0 Å². The highest BCUT2D eigenvalue weighted by molar-refractivity contribution is 6.31. The first kappa shape index (κ1) is 15.4. The van der Waals surface area contributed by atoms with Crippen LogP contribution in [0.15, 0.2) is 22.6 Å². The molecule has 0 spiro atoms. The Kier molecular flexibility index (Phi) is 4.08. The summed E-state index contributed by atoms with van der Waals surface area (Å²) in [7, 11) is 0. The zero-order chi connectivity index (χ0) is 15.9. The first-order chi connectivity index (χ1) is 11.1. The van der Waals surface area contributed by atoms with Gasteiger partial charge in [-0.25, -0.2) is 4.98 Å². The molecule has 1 aromatic heterocycles. The Morgan fingerprint density at radius 3 is 2.96 bits per heavy atom. The summed E-state index contributed by atoms with van der Waals surface area (Å²) in [6.45, 7) is 8.20. The summed E-state index contributed by atoms with van der Waals surface area (Å²) in [5, 5.41) is 4.21. The quantitative estimate of drug-likeness (QED) is 0.930. The molecule has 5 heteroatoms. The summed E-state index contributed by atoms with van der Waals surface area (Å²) in [5.41, 5.74) is 2.16. The fourth-order valence-electron chi connectivity index (χ4n) is 3.97. The lowest BCUT2D eigenvalue weighted by atomic mass is 9.87. The zero-order valence-electron chi connectivity index (χ0n) is 13.6. The molecule has 4 nitrogen and oxygen atoms in total. The van der Waals surface area contributed by atoms with E-state index in [9.17, 15) is 0 Å². The summed E-state index contributed by atoms with van der Waals surface area (Å²) in [6, 6.07) is 5.65. The number of nitrogens with one attached hydrogen (secondary N) is 1. The maximum atomic E-state index is 6.03. The lowest BCUT2D eigenvalue weighted by molar-refractivity contribution is 0.139. The van der Waals surface area contributed by atoms with Crippen LogP contribution in [0, 0.1) is 5.41 Å². The van der Waals surface area contributed by atoms with Crippen molar-refractivity contribution < 1.29 is 4.42 Å². The van der Waals surface area contributed by atoms with E-state index in [0.717, 1.165) is 49.5 Å². The normalized spacial score (nSPS) is 27.0. The molecule has 124 valence electrons. The third kappa shape index (κ3) is 3.25. The number of oxazole rings is 1. The Bertz CT molecular complexity index is 685. The Labute approximate surface area is 142 Å². The number of fused-ring (bicyclic) bond motifs is 1. The first-order valence-corrected chi connectivity index (χ1v) is 8.98. The van der Waals surface area contributed by atoms with Gasteiger partial charge in [-0.15, -0.1) is 0 Å². The molecular weight excluding hydrogens is 310 g/mol. The largest absolute Gasteiger partial charge is 0.440 e. The van der Waals surface area contributed by atoms with Crippen LogP contribution in [0.4, 0.5) is 0 Å². The van der Waals surface area contributed by atoms with E-state index in [1.165, 1.54) is 19.5 Å². The lowest BCUT2D eigenvalue weighted by Gasteiger charge is -2.36. The molecule has 0 radical (unpaired) electrons. The van der Waals surface area contributed by atoms with E-state index in [2.05, 4.69) is 22.1 Å². The molecule has 2 aliphatic rings. The smallest absolute Gasteiger partial charge is 0.198 e. The van der Waals surface area contributed by atoms with Gasteiger partial charge in [0, 0.05) is 24.0 Å². The number of benzene rings is 1. The molecule has 2 aromatic rings. The topological polar surface area (TPSA) is 41.3 Å². The highest BCUT2D eigenvalue weighted by Gasteiger charge is 2.33. The summed E-state index contributed by atoms with van der Waals surface area (Å²) in [4.78, 5) is 7.27. The second-order valence-electron chi connectivity index (χ2n) is 7.45. The summed E-state index contributed by atoms with van der Waals surface area (Å²) < 4.78 is 5.95. The van der Waals surface area contributed by atoms with E-state index in [4.69, 9.17) is 16.0 Å². The third-order valence-corrected chi connectivity index (χ3v) is 5.60. The Morgan fingerprint density at radius 1 is 1.39 bits per heavy atom. The van der Waals surface area contributed by atoms with E-state index in [-0.39, 0.29) is 0 Å². The molecule has 1 N–H and O–H groups in total. The average molecular weight is 334 g/mol. The van der Waals surface area contributed by atoms with Gasteiger partial charge in [-0.2, -0.15) is 0 Å². The maximum Gasteiger partial charge on any atom is 0.198 e. The Morgan fingerprint density at radius 2 is 2.22 bits per heavy atom. The Balaban J connectivity index is 1.40. The fraction of sp³-hybridized carbons (Fsp3) is 0.611. The fourth-order valence-corrected chi connectivity index (χ4v) is 4.14. The minimum atomic E-state index is 0.437. The second-order valence-corrected chi connectivity index (χ2v) is 7.89. The molecule has 4 rings (SSSR count). The molecule has 3 heterocycles. The van der Waals surface area contributed by atoms with Crippen LogP contribution in [-0.2, 0) is 0 Å². The van der Waals surface area contributed by atoms with Crippen molar-refractivity contribution in [1.82, 2.24) is 15.2 Å². The molecule has 2 saturated heterocycles. The second kappa shape index (κ2) is 6.08. The van der Waals surface area contributed by atoms with Crippen molar-refractivity contribution in [3.8, 4) is 0 Å². The van der Waals surface area contributed by atoms with Crippen molar-refractivity contribution in [2.75, 3.05) is 32.7 Å². The van der Waals surface area contributed by atoms with Gasteiger partial charge in [0.25, 0.3) is 0 Å². The van der Waals surface area contributed by atoms with Crippen molar-refractivity contribution in [2.45, 2.75) is 32.1 Å². The van der Waals surface area contributed by atoms with Crippen LogP contribution in [0.2, 0.25) is 5.02 Å². The van der Waals surface area contributed by atoms with Gasteiger partial charge < -0.3 is 14.6 Å². The Hall–Kier alpha value is -1.10. The van der Waals surface area contributed by atoms with Crippen molar-refractivity contribution in [3.05, 3.63) is 29.1 Å². The molecule has 0 bridgehead atoms. The van der Waals surface area contributed by atoms with Crippen molar-refractivity contribution in [3.63, 3.8) is 0 Å². The van der Waals surface area contributed by atoms with Crippen LogP contribution in [-0.4, -0.2) is 42.6 Å². The van der Waals surface area contributed by atoms with Crippen LogP contribution in [0.1, 0.15) is 38.0 Å². The van der Waals surface area contributed by atoms with Gasteiger partial charge in [-0.1, -0.05) is 18.5 Å². The van der Waals surface area contributed by atoms with Gasteiger partial charge in [0.2, 0.25) is 0 Å². The standard InChI is InChI=1S/C18H24ClN3O/c1-18(6-7-20-11-18)12-22-8-4-13(5-9-22)17-21-15-10-14(19)2-3-16(15)23-17/h2-3,10,13,20H,4-9,11-12H2,1H3. The highest BCUT2D eigenvalue weighted by Crippen LogP contribution is 2.33. The molecule has 1 aromatic carbocycles. The average Bonchev–Trinajstić information content (AvgIpc) is 3.14. The van der Waals surface area contributed by atoms with Crippen LogP contribution in [0.25, 0.3) is 11.1 Å². The number of hydrogen-bond donors (Lipinski definition) is 1. The van der Waals surface area contributed by atoms with Gasteiger partial charge >= 0.3 is 0 Å². The third-order valence-electron chi connectivity index (χ3n) is 5.37. The molecule has 0 saturated carbocycles. The van der Waals surface area contributed by atoms with E-state index in [1.807, 2.05) is 18.2 Å². The summed E-state index contributed by atoms with van der Waals surface area (Å²) in [6.07, 6.45) is 3.55. The number of nitrogens with zero attached hydrogens (tertiary/aromatic N) is 2. The number of likely N-dealkylation sites (tertiary alicyclic amines) is 1. The number of rotatable bonds is 3. The highest BCUT2D eigenvalue weighted by atomic mass is 35.5. The van der Waals surface area contributed by atoms with Crippen LogP contribution >= 0.6 is 11.6 Å². The van der Waals surface area contributed by atoms with E-state index < -0.39 is 0 Å². The minimum Gasteiger partial charge on any atom is -0.440 e. The molecule has 2 aliphatic heterocycles. The maximum absolute atomic E-state index is 6.03. The predicted octanol–water partition coefficient (Wildman–Crippen LogP) is 3.66. The molecule has 0 amide bonds.